The van der Waals surface area contributed by atoms with Gasteiger partial charge in [0.2, 0.25) is 0 Å². The molecular weight excluding hydrogens is 334 g/mol. The Bertz CT molecular complexity index is 779. The lowest BCUT2D eigenvalue weighted by molar-refractivity contribution is 0.0635. The molecule has 0 aliphatic carbocycles. The minimum absolute atomic E-state index is 0.0374. The predicted octanol–water partition coefficient (Wildman–Crippen LogP) is 4.35. The van der Waals surface area contributed by atoms with Crippen molar-refractivity contribution in [1.82, 2.24) is 4.90 Å². The Kier molecular flexibility index (Phi) is 5.33. The van der Waals surface area contributed by atoms with E-state index in [1.54, 1.807) is 29.7 Å². The Balaban J connectivity index is 1.72. The van der Waals surface area contributed by atoms with E-state index in [0.29, 0.717) is 24.4 Å². The largest absolute Gasteiger partial charge is 0.466 e. The fourth-order valence-electron chi connectivity index (χ4n) is 3.38. The van der Waals surface area contributed by atoms with E-state index in [9.17, 15) is 9.59 Å². The number of carbonyl (C=O) groups is 2. The second-order valence-electron chi connectivity index (χ2n) is 6.51. The number of likely N-dealkylation sites (tertiary alicyclic amines) is 1. The zero-order valence-corrected chi connectivity index (χ0v) is 15.7. The molecule has 0 radical (unpaired) electrons. The van der Waals surface area contributed by atoms with Gasteiger partial charge in [0.1, 0.15) is 11.5 Å². The SMILES string of the molecule is CSc1ccc(C(=O)[C@@H]2CCCN(C(=O)c3cc(C)oc3C)C2)cc1. The molecular formula is C20H23NO3S. The second-order valence-corrected chi connectivity index (χ2v) is 7.39. The van der Waals surface area contributed by atoms with Gasteiger partial charge < -0.3 is 9.32 Å². The van der Waals surface area contributed by atoms with Crippen molar-refractivity contribution in [1.29, 1.82) is 0 Å². The van der Waals surface area contributed by atoms with Crippen molar-refractivity contribution in [3.05, 3.63) is 53.0 Å². The van der Waals surface area contributed by atoms with E-state index in [4.69, 9.17) is 4.42 Å². The molecule has 1 saturated heterocycles. The van der Waals surface area contributed by atoms with Crippen LogP contribution in [0.4, 0.5) is 0 Å². The van der Waals surface area contributed by atoms with Gasteiger partial charge in [-0.05, 0) is 51.1 Å². The lowest BCUT2D eigenvalue weighted by Crippen LogP contribution is -2.42. The number of piperidine rings is 1. The Morgan fingerprint density at radius 1 is 1.20 bits per heavy atom. The first-order valence-electron chi connectivity index (χ1n) is 8.54. The van der Waals surface area contributed by atoms with Crippen LogP contribution in [0.5, 0.6) is 0 Å². The monoisotopic (exact) mass is 357 g/mol. The van der Waals surface area contributed by atoms with Crippen LogP contribution < -0.4 is 0 Å². The number of amides is 1. The van der Waals surface area contributed by atoms with Gasteiger partial charge in [0.05, 0.1) is 5.56 Å². The van der Waals surface area contributed by atoms with E-state index in [0.717, 1.165) is 29.1 Å². The number of carbonyl (C=O) groups excluding carboxylic acids is 2. The summed E-state index contributed by atoms with van der Waals surface area (Å²) >= 11 is 1.66. The lowest BCUT2D eigenvalue weighted by Gasteiger charge is -2.32. The maximum atomic E-state index is 12.8. The molecule has 2 aromatic rings. The normalized spacial score (nSPS) is 17.6. The van der Waals surface area contributed by atoms with Crippen molar-refractivity contribution in [2.45, 2.75) is 31.6 Å². The van der Waals surface area contributed by atoms with Crippen molar-refractivity contribution in [2.24, 2.45) is 5.92 Å². The number of furan rings is 1. The molecule has 0 unspecified atom stereocenters. The topological polar surface area (TPSA) is 50.5 Å². The Hall–Kier alpha value is -2.01. The zero-order valence-electron chi connectivity index (χ0n) is 14.9. The summed E-state index contributed by atoms with van der Waals surface area (Å²) in [5.41, 5.74) is 1.34. The molecule has 1 aliphatic rings. The maximum Gasteiger partial charge on any atom is 0.257 e. The molecule has 1 aromatic carbocycles. The fraction of sp³-hybridized carbons (Fsp3) is 0.400. The summed E-state index contributed by atoms with van der Waals surface area (Å²) in [7, 11) is 0. The third-order valence-electron chi connectivity index (χ3n) is 4.73. The second kappa shape index (κ2) is 7.48. The van der Waals surface area contributed by atoms with Crippen LogP contribution in [-0.2, 0) is 0 Å². The van der Waals surface area contributed by atoms with Gasteiger partial charge in [0.25, 0.3) is 5.91 Å². The highest BCUT2D eigenvalue weighted by atomic mass is 32.2. The third-order valence-corrected chi connectivity index (χ3v) is 5.47. The number of rotatable bonds is 4. The molecule has 0 saturated carbocycles. The van der Waals surface area contributed by atoms with E-state index in [1.807, 2.05) is 37.4 Å². The smallest absolute Gasteiger partial charge is 0.257 e. The molecule has 0 bridgehead atoms. The summed E-state index contributed by atoms with van der Waals surface area (Å²) in [4.78, 5) is 28.5. The molecule has 25 heavy (non-hydrogen) atoms. The molecule has 1 aliphatic heterocycles. The molecule has 1 aromatic heterocycles. The number of benzene rings is 1. The van der Waals surface area contributed by atoms with Crippen LogP contribution in [0.3, 0.4) is 0 Å². The van der Waals surface area contributed by atoms with E-state index >= 15 is 0 Å². The molecule has 1 amide bonds. The van der Waals surface area contributed by atoms with Gasteiger partial charge in [-0.3, -0.25) is 9.59 Å². The first-order chi connectivity index (χ1) is 12.0. The molecule has 2 heterocycles. The number of hydrogen-bond acceptors (Lipinski definition) is 4. The summed E-state index contributed by atoms with van der Waals surface area (Å²) in [6, 6.07) is 9.50. The summed E-state index contributed by atoms with van der Waals surface area (Å²) in [5, 5.41) is 0. The minimum Gasteiger partial charge on any atom is -0.466 e. The zero-order chi connectivity index (χ0) is 18.0. The third kappa shape index (κ3) is 3.82. The van der Waals surface area contributed by atoms with Gasteiger partial charge in [0.15, 0.2) is 5.78 Å². The van der Waals surface area contributed by atoms with Crippen LogP contribution in [0.15, 0.2) is 39.6 Å². The molecule has 0 N–H and O–H groups in total. The Labute approximate surface area is 152 Å². The molecule has 0 spiro atoms. The highest BCUT2D eigenvalue weighted by molar-refractivity contribution is 7.98. The van der Waals surface area contributed by atoms with Crippen LogP contribution in [0.1, 0.15) is 45.1 Å². The van der Waals surface area contributed by atoms with E-state index < -0.39 is 0 Å². The first-order valence-corrected chi connectivity index (χ1v) is 9.76. The van der Waals surface area contributed by atoms with E-state index in [2.05, 4.69) is 0 Å². The van der Waals surface area contributed by atoms with E-state index in [-0.39, 0.29) is 17.6 Å². The average molecular weight is 357 g/mol. The fourth-order valence-corrected chi connectivity index (χ4v) is 3.79. The number of hydrogen-bond donors (Lipinski definition) is 0. The van der Waals surface area contributed by atoms with Gasteiger partial charge in [-0.1, -0.05) is 12.1 Å². The van der Waals surface area contributed by atoms with Gasteiger partial charge in [-0.15, -0.1) is 11.8 Å². The van der Waals surface area contributed by atoms with Crippen LogP contribution in [-0.4, -0.2) is 35.9 Å². The van der Waals surface area contributed by atoms with Crippen LogP contribution >= 0.6 is 11.8 Å². The summed E-state index contributed by atoms with van der Waals surface area (Å²) in [6.07, 6.45) is 3.69. The minimum atomic E-state index is -0.133. The molecule has 3 rings (SSSR count). The molecule has 1 fully saturated rings. The van der Waals surface area contributed by atoms with Crippen LogP contribution in [0, 0.1) is 19.8 Å². The summed E-state index contributed by atoms with van der Waals surface area (Å²) in [5.74, 6) is 1.34. The molecule has 4 nitrogen and oxygen atoms in total. The Morgan fingerprint density at radius 3 is 2.52 bits per heavy atom. The van der Waals surface area contributed by atoms with Crippen LogP contribution in [0.25, 0.3) is 0 Å². The molecule has 1 atom stereocenters. The maximum absolute atomic E-state index is 12.8. The van der Waals surface area contributed by atoms with Crippen molar-refractivity contribution in [3.63, 3.8) is 0 Å². The highest BCUT2D eigenvalue weighted by Crippen LogP contribution is 2.25. The van der Waals surface area contributed by atoms with E-state index in [1.165, 1.54) is 0 Å². The van der Waals surface area contributed by atoms with Crippen LogP contribution in [0.2, 0.25) is 0 Å². The van der Waals surface area contributed by atoms with Crippen molar-refractivity contribution >= 4 is 23.5 Å². The standard InChI is InChI=1S/C20H23NO3S/c1-13-11-18(14(2)24-13)20(23)21-10-4-5-16(12-21)19(22)15-6-8-17(25-3)9-7-15/h6-9,11,16H,4-5,10,12H2,1-3H3/t16-/m1/s1. The molecule has 132 valence electrons. The summed E-state index contributed by atoms with van der Waals surface area (Å²) < 4.78 is 5.48. The summed E-state index contributed by atoms with van der Waals surface area (Å²) in [6.45, 7) is 4.81. The van der Waals surface area contributed by atoms with Gasteiger partial charge in [-0.25, -0.2) is 0 Å². The number of Topliss-reactive ketones (excluding diaryl/α,β-unsaturated/α-hetero) is 1. The van der Waals surface area contributed by atoms with Gasteiger partial charge in [-0.2, -0.15) is 0 Å². The lowest BCUT2D eigenvalue weighted by atomic mass is 9.89. The molecule has 5 heteroatoms. The highest BCUT2D eigenvalue weighted by Gasteiger charge is 2.30. The van der Waals surface area contributed by atoms with Gasteiger partial charge in [0, 0.05) is 29.5 Å². The van der Waals surface area contributed by atoms with Crippen molar-refractivity contribution < 1.29 is 14.0 Å². The van der Waals surface area contributed by atoms with Crippen molar-refractivity contribution in [3.8, 4) is 0 Å². The first kappa shape index (κ1) is 17.8. The van der Waals surface area contributed by atoms with Gasteiger partial charge >= 0.3 is 0 Å². The number of thioether (sulfide) groups is 1. The number of aryl methyl sites for hydroxylation is 2. The predicted molar refractivity (Wildman–Crippen MR) is 99.4 cm³/mol. The Morgan fingerprint density at radius 2 is 1.92 bits per heavy atom. The number of nitrogens with zero attached hydrogens (tertiary/aromatic N) is 1. The quantitative estimate of drug-likeness (QED) is 0.603. The average Bonchev–Trinajstić information content (AvgIpc) is 2.98. The number of ketones is 1. The van der Waals surface area contributed by atoms with Crippen molar-refractivity contribution in [2.75, 3.05) is 19.3 Å².